The van der Waals surface area contributed by atoms with E-state index in [1.54, 1.807) is 22.9 Å². The Balaban J connectivity index is 2.16. The number of aromatic nitrogens is 2. The number of nitrogens with zero attached hydrogens (tertiary/aromatic N) is 2. The predicted octanol–water partition coefficient (Wildman–Crippen LogP) is 1.78. The minimum Gasteiger partial charge on any atom is -0.486 e. The van der Waals surface area contributed by atoms with Gasteiger partial charge in [-0.05, 0) is 31.2 Å². The normalized spacial score (nSPS) is 10.3. The van der Waals surface area contributed by atoms with E-state index in [4.69, 9.17) is 10.5 Å². The number of hydrogen-bond donors (Lipinski definition) is 1. The van der Waals surface area contributed by atoms with E-state index in [1.807, 2.05) is 19.3 Å². The predicted molar refractivity (Wildman–Crippen MR) is 68.4 cm³/mol. The molecule has 0 aliphatic rings. The second kappa shape index (κ2) is 4.91. The number of benzene rings is 1. The third kappa shape index (κ3) is 2.68. The van der Waals surface area contributed by atoms with E-state index in [2.05, 4.69) is 5.10 Å². The lowest BCUT2D eigenvalue weighted by Gasteiger charge is -2.09. The summed E-state index contributed by atoms with van der Waals surface area (Å²) >= 11 is 0. The minimum atomic E-state index is -0.0710. The maximum atomic E-state index is 11.5. The summed E-state index contributed by atoms with van der Waals surface area (Å²) < 4.78 is 7.30. The molecule has 5 nitrogen and oxygen atoms in total. The van der Waals surface area contributed by atoms with Gasteiger partial charge < -0.3 is 10.5 Å². The Morgan fingerprint density at radius 3 is 2.83 bits per heavy atom. The van der Waals surface area contributed by atoms with Crippen LogP contribution >= 0.6 is 0 Å². The number of Topliss-reactive ketones (excluding diaryl/α,β-unsaturated/α-hetero) is 1. The second-order valence-electron chi connectivity index (χ2n) is 4.08. The fourth-order valence-corrected chi connectivity index (χ4v) is 1.64. The molecule has 0 saturated carbocycles. The second-order valence-corrected chi connectivity index (χ2v) is 4.08. The van der Waals surface area contributed by atoms with Crippen LogP contribution in [0.1, 0.15) is 23.0 Å². The first-order valence-electron chi connectivity index (χ1n) is 5.58. The van der Waals surface area contributed by atoms with Gasteiger partial charge in [-0.15, -0.1) is 0 Å². The summed E-state index contributed by atoms with van der Waals surface area (Å²) in [5, 5.41) is 4.20. The van der Waals surface area contributed by atoms with Gasteiger partial charge in [0, 0.05) is 18.9 Å². The van der Waals surface area contributed by atoms with Crippen molar-refractivity contribution in [2.45, 2.75) is 13.5 Å². The summed E-state index contributed by atoms with van der Waals surface area (Å²) in [6.07, 6.45) is 1.84. The van der Waals surface area contributed by atoms with Crippen molar-refractivity contribution in [1.82, 2.24) is 9.78 Å². The van der Waals surface area contributed by atoms with Crippen molar-refractivity contribution in [1.29, 1.82) is 0 Å². The van der Waals surface area contributed by atoms with Gasteiger partial charge in [-0.25, -0.2) is 0 Å². The molecule has 1 aromatic carbocycles. The van der Waals surface area contributed by atoms with Crippen LogP contribution in [-0.4, -0.2) is 15.6 Å². The van der Waals surface area contributed by atoms with Gasteiger partial charge in [-0.1, -0.05) is 0 Å². The summed E-state index contributed by atoms with van der Waals surface area (Å²) in [6, 6.07) is 6.90. The summed E-state index contributed by atoms with van der Waals surface area (Å²) in [4.78, 5) is 11.5. The number of anilines is 1. The molecule has 0 aliphatic carbocycles. The number of carbonyl (C=O) groups excluding carboxylic acids is 1. The maximum Gasteiger partial charge on any atom is 0.163 e. The van der Waals surface area contributed by atoms with Gasteiger partial charge in [0.15, 0.2) is 5.78 Å². The molecule has 2 aromatic rings. The van der Waals surface area contributed by atoms with E-state index in [0.717, 1.165) is 5.69 Å². The number of nitrogen functional groups attached to an aromatic ring is 1. The van der Waals surface area contributed by atoms with Crippen LogP contribution in [-0.2, 0) is 13.7 Å². The zero-order valence-electron chi connectivity index (χ0n) is 10.4. The molecule has 5 heteroatoms. The molecule has 1 aromatic heterocycles. The SMILES string of the molecule is CC(=O)c1cc(N)ccc1OCc1ccn(C)n1. The van der Waals surface area contributed by atoms with Gasteiger partial charge in [0.1, 0.15) is 12.4 Å². The third-order valence-corrected chi connectivity index (χ3v) is 2.53. The Labute approximate surface area is 105 Å². The van der Waals surface area contributed by atoms with E-state index in [1.165, 1.54) is 6.92 Å². The van der Waals surface area contributed by atoms with Crippen LogP contribution in [0, 0.1) is 0 Å². The fourth-order valence-electron chi connectivity index (χ4n) is 1.64. The van der Waals surface area contributed by atoms with Gasteiger partial charge in [-0.3, -0.25) is 9.48 Å². The molecular weight excluding hydrogens is 230 g/mol. The molecule has 0 aliphatic heterocycles. The zero-order chi connectivity index (χ0) is 13.1. The summed E-state index contributed by atoms with van der Waals surface area (Å²) in [6.45, 7) is 1.81. The molecule has 94 valence electrons. The van der Waals surface area contributed by atoms with Gasteiger partial charge in [0.25, 0.3) is 0 Å². The standard InChI is InChI=1S/C13H15N3O2/c1-9(17)12-7-10(14)3-4-13(12)18-8-11-5-6-16(2)15-11/h3-7H,8,14H2,1-2H3. The smallest absolute Gasteiger partial charge is 0.163 e. The molecule has 2 rings (SSSR count). The molecule has 2 N–H and O–H groups in total. The van der Waals surface area contributed by atoms with Crippen molar-refractivity contribution in [2.75, 3.05) is 5.73 Å². The van der Waals surface area contributed by atoms with E-state index in [9.17, 15) is 4.79 Å². The van der Waals surface area contributed by atoms with E-state index >= 15 is 0 Å². The first-order chi connectivity index (χ1) is 8.56. The molecule has 0 radical (unpaired) electrons. The summed E-state index contributed by atoms with van der Waals surface area (Å²) in [5.41, 5.74) is 7.50. The van der Waals surface area contributed by atoms with Gasteiger partial charge >= 0.3 is 0 Å². The van der Waals surface area contributed by atoms with Crippen LogP contribution in [0.3, 0.4) is 0 Å². The lowest BCUT2D eigenvalue weighted by Crippen LogP contribution is -2.03. The Kier molecular flexibility index (Phi) is 3.32. The molecule has 0 bridgehead atoms. The number of nitrogens with two attached hydrogens (primary N) is 1. The van der Waals surface area contributed by atoms with Crippen molar-refractivity contribution in [3.05, 3.63) is 41.7 Å². The highest BCUT2D eigenvalue weighted by atomic mass is 16.5. The lowest BCUT2D eigenvalue weighted by atomic mass is 10.1. The maximum absolute atomic E-state index is 11.5. The molecule has 0 atom stereocenters. The number of carbonyl (C=O) groups is 1. The number of ether oxygens (including phenoxy) is 1. The fraction of sp³-hybridized carbons (Fsp3) is 0.231. The molecule has 0 fully saturated rings. The number of rotatable bonds is 4. The van der Waals surface area contributed by atoms with Crippen molar-refractivity contribution in [3.8, 4) is 5.75 Å². The monoisotopic (exact) mass is 245 g/mol. The zero-order valence-corrected chi connectivity index (χ0v) is 10.4. The highest BCUT2D eigenvalue weighted by Gasteiger charge is 2.09. The highest BCUT2D eigenvalue weighted by molar-refractivity contribution is 5.97. The van der Waals surface area contributed by atoms with E-state index in [-0.39, 0.29) is 5.78 Å². The van der Waals surface area contributed by atoms with Gasteiger partial charge in [0.2, 0.25) is 0 Å². The molecule has 0 spiro atoms. The van der Waals surface area contributed by atoms with Crippen LogP contribution in [0.15, 0.2) is 30.5 Å². The Morgan fingerprint density at radius 1 is 1.44 bits per heavy atom. The van der Waals surface area contributed by atoms with Gasteiger partial charge in [0.05, 0.1) is 11.3 Å². The molecule has 0 saturated heterocycles. The number of hydrogen-bond acceptors (Lipinski definition) is 4. The van der Waals surface area contributed by atoms with Crippen molar-refractivity contribution in [3.63, 3.8) is 0 Å². The molecule has 18 heavy (non-hydrogen) atoms. The van der Waals surface area contributed by atoms with Crippen LogP contribution < -0.4 is 10.5 Å². The first kappa shape index (κ1) is 12.2. The van der Waals surface area contributed by atoms with Crippen molar-refractivity contribution < 1.29 is 9.53 Å². The minimum absolute atomic E-state index is 0.0710. The average molecular weight is 245 g/mol. The Bertz CT molecular complexity index is 575. The van der Waals surface area contributed by atoms with Crippen LogP contribution in [0.2, 0.25) is 0 Å². The average Bonchev–Trinajstić information content (AvgIpc) is 2.73. The lowest BCUT2D eigenvalue weighted by molar-refractivity contribution is 0.101. The molecule has 1 heterocycles. The molecule has 0 amide bonds. The topological polar surface area (TPSA) is 70.1 Å². The quantitative estimate of drug-likeness (QED) is 0.658. The van der Waals surface area contributed by atoms with Gasteiger partial charge in [-0.2, -0.15) is 5.10 Å². The first-order valence-corrected chi connectivity index (χ1v) is 5.58. The van der Waals surface area contributed by atoms with E-state index < -0.39 is 0 Å². The van der Waals surface area contributed by atoms with Crippen LogP contribution in [0.4, 0.5) is 5.69 Å². The van der Waals surface area contributed by atoms with Crippen LogP contribution in [0.5, 0.6) is 5.75 Å². The highest BCUT2D eigenvalue weighted by Crippen LogP contribution is 2.22. The Morgan fingerprint density at radius 2 is 2.22 bits per heavy atom. The summed E-state index contributed by atoms with van der Waals surface area (Å²) in [5.74, 6) is 0.459. The van der Waals surface area contributed by atoms with Crippen LogP contribution in [0.25, 0.3) is 0 Å². The largest absolute Gasteiger partial charge is 0.486 e. The summed E-state index contributed by atoms with van der Waals surface area (Å²) in [7, 11) is 1.84. The Hall–Kier alpha value is -2.30. The van der Waals surface area contributed by atoms with Crippen molar-refractivity contribution in [2.24, 2.45) is 7.05 Å². The van der Waals surface area contributed by atoms with E-state index in [0.29, 0.717) is 23.6 Å². The van der Waals surface area contributed by atoms with Crippen molar-refractivity contribution >= 4 is 11.5 Å². The number of aryl methyl sites for hydroxylation is 1. The third-order valence-electron chi connectivity index (χ3n) is 2.53. The molecular formula is C13H15N3O2. The number of ketones is 1. The molecule has 0 unspecified atom stereocenters.